The zero-order chi connectivity index (χ0) is 21.5. The van der Waals surface area contributed by atoms with Crippen LogP contribution < -0.4 is 10.6 Å². The Kier molecular flexibility index (Phi) is 7.16. The van der Waals surface area contributed by atoms with Crippen molar-refractivity contribution in [2.24, 2.45) is 0 Å². The highest BCUT2D eigenvalue weighted by atomic mass is 32.2. The van der Waals surface area contributed by atoms with Crippen LogP contribution in [0.25, 0.3) is 0 Å². The lowest BCUT2D eigenvalue weighted by Gasteiger charge is -2.15. The summed E-state index contributed by atoms with van der Waals surface area (Å²) in [4.78, 5) is 12.3. The molecular formula is C22H24FN5O2S. The first-order valence-electron chi connectivity index (χ1n) is 10.2. The van der Waals surface area contributed by atoms with E-state index in [2.05, 4.69) is 20.8 Å². The fourth-order valence-corrected chi connectivity index (χ4v) is 4.10. The molecule has 1 saturated heterocycles. The summed E-state index contributed by atoms with van der Waals surface area (Å²) in [5, 5.41) is 15.4. The fraction of sp³-hybridized carbons (Fsp3) is 0.318. The third kappa shape index (κ3) is 6.05. The number of ether oxygens (including phenoxy) is 1. The molecular weight excluding hydrogens is 417 g/mol. The van der Waals surface area contributed by atoms with Crippen molar-refractivity contribution < 1.29 is 13.9 Å². The summed E-state index contributed by atoms with van der Waals surface area (Å²) in [5.74, 6) is 0.587. The van der Waals surface area contributed by atoms with Crippen molar-refractivity contribution in [2.75, 3.05) is 23.0 Å². The molecule has 31 heavy (non-hydrogen) atoms. The van der Waals surface area contributed by atoms with Gasteiger partial charge in [-0.1, -0.05) is 30.0 Å². The number of thioether (sulfide) groups is 1. The first-order chi connectivity index (χ1) is 15.2. The van der Waals surface area contributed by atoms with E-state index in [0.29, 0.717) is 18.2 Å². The maximum Gasteiger partial charge on any atom is 0.234 e. The third-order valence-corrected chi connectivity index (χ3v) is 5.86. The predicted molar refractivity (Wildman–Crippen MR) is 119 cm³/mol. The second-order valence-corrected chi connectivity index (χ2v) is 8.15. The lowest BCUT2D eigenvalue weighted by molar-refractivity contribution is -0.113. The maximum atomic E-state index is 13.1. The van der Waals surface area contributed by atoms with Crippen molar-refractivity contribution in [3.05, 3.63) is 66.2 Å². The van der Waals surface area contributed by atoms with Crippen molar-refractivity contribution in [3.63, 3.8) is 0 Å². The van der Waals surface area contributed by atoms with Crippen LogP contribution in [0.3, 0.4) is 0 Å². The van der Waals surface area contributed by atoms with Crippen LogP contribution in [-0.2, 0) is 22.6 Å². The number of rotatable bonds is 9. The first-order valence-corrected chi connectivity index (χ1v) is 11.2. The highest BCUT2D eigenvalue weighted by Gasteiger charge is 2.21. The summed E-state index contributed by atoms with van der Waals surface area (Å²) >= 11 is 1.35. The van der Waals surface area contributed by atoms with Gasteiger partial charge in [-0.15, -0.1) is 10.2 Å². The Morgan fingerprint density at radius 1 is 1.13 bits per heavy atom. The molecule has 4 rings (SSSR count). The average Bonchev–Trinajstić information content (AvgIpc) is 3.43. The van der Waals surface area contributed by atoms with Crippen molar-refractivity contribution in [1.82, 2.24) is 14.8 Å². The molecule has 0 unspecified atom stereocenters. The zero-order valence-corrected chi connectivity index (χ0v) is 17.8. The summed E-state index contributed by atoms with van der Waals surface area (Å²) in [7, 11) is 0. The molecule has 1 aliphatic rings. The Morgan fingerprint density at radius 3 is 2.68 bits per heavy atom. The van der Waals surface area contributed by atoms with Gasteiger partial charge in [-0.2, -0.15) is 0 Å². The Labute approximate surface area is 184 Å². The van der Waals surface area contributed by atoms with Gasteiger partial charge < -0.3 is 19.9 Å². The van der Waals surface area contributed by atoms with E-state index in [1.165, 1.54) is 23.9 Å². The molecule has 7 nitrogen and oxygen atoms in total. The Bertz CT molecular complexity index is 991. The molecule has 0 spiro atoms. The number of nitrogens with zero attached hydrogens (tertiary/aromatic N) is 3. The Hall–Kier alpha value is -2.91. The van der Waals surface area contributed by atoms with Crippen LogP contribution in [0.1, 0.15) is 18.7 Å². The van der Waals surface area contributed by atoms with E-state index >= 15 is 0 Å². The first kappa shape index (κ1) is 21.3. The molecule has 1 atom stereocenters. The summed E-state index contributed by atoms with van der Waals surface area (Å²) in [6.45, 7) is 1.83. The smallest absolute Gasteiger partial charge is 0.234 e. The lowest BCUT2D eigenvalue weighted by Crippen LogP contribution is -2.20. The number of nitrogens with one attached hydrogen (secondary N) is 2. The molecule has 9 heteroatoms. The highest BCUT2D eigenvalue weighted by molar-refractivity contribution is 7.99. The van der Waals surface area contributed by atoms with Gasteiger partial charge in [0.25, 0.3) is 0 Å². The number of halogens is 1. The minimum Gasteiger partial charge on any atom is -0.378 e. The largest absolute Gasteiger partial charge is 0.378 e. The molecule has 0 saturated carbocycles. The van der Waals surface area contributed by atoms with Crippen LogP contribution in [0, 0.1) is 5.82 Å². The number of carbonyl (C=O) groups is 1. The number of amides is 1. The number of benzene rings is 2. The minimum absolute atomic E-state index is 0.103. The second kappa shape index (κ2) is 10.4. The van der Waals surface area contributed by atoms with Gasteiger partial charge in [-0.05, 0) is 49.2 Å². The van der Waals surface area contributed by atoms with E-state index in [4.69, 9.17) is 4.74 Å². The fourth-order valence-electron chi connectivity index (χ4n) is 3.33. The van der Waals surface area contributed by atoms with Gasteiger partial charge in [0, 0.05) is 18.0 Å². The van der Waals surface area contributed by atoms with E-state index in [1.54, 1.807) is 12.1 Å². The van der Waals surface area contributed by atoms with E-state index in [-0.39, 0.29) is 23.6 Å². The molecule has 1 aliphatic heterocycles. The van der Waals surface area contributed by atoms with Crippen LogP contribution >= 0.6 is 11.8 Å². The summed E-state index contributed by atoms with van der Waals surface area (Å²) in [6, 6.07) is 15.5. The van der Waals surface area contributed by atoms with Crippen molar-refractivity contribution in [2.45, 2.75) is 37.2 Å². The second-order valence-electron chi connectivity index (χ2n) is 7.21. The SMILES string of the molecule is O=C(CSc1nnc(CNc2ccc(F)cc2)n1C[C@@H]1CCCO1)Nc1ccccc1. The molecule has 0 bridgehead atoms. The molecule has 1 amide bonds. The highest BCUT2D eigenvalue weighted by Crippen LogP contribution is 2.22. The van der Waals surface area contributed by atoms with E-state index < -0.39 is 0 Å². The molecule has 2 heterocycles. The van der Waals surface area contributed by atoms with Crippen LogP contribution in [0.2, 0.25) is 0 Å². The topological polar surface area (TPSA) is 81.1 Å². The van der Waals surface area contributed by atoms with E-state index in [9.17, 15) is 9.18 Å². The van der Waals surface area contributed by atoms with Gasteiger partial charge in [0.2, 0.25) is 5.91 Å². The number of hydrogen-bond donors (Lipinski definition) is 2. The molecule has 1 fully saturated rings. The van der Waals surface area contributed by atoms with Crippen molar-refractivity contribution in [3.8, 4) is 0 Å². The normalized spacial score (nSPS) is 15.7. The summed E-state index contributed by atoms with van der Waals surface area (Å²) < 4.78 is 20.9. The maximum absolute atomic E-state index is 13.1. The van der Waals surface area contributed by atoms with Crippen molar-refractivity contribution in [1.29, 1.82) is 0 Å². The number of carbonyl (C=O) groups excluding carboxylic acids is 1. The third-order valence-electron chi connectivity index (χ3n) is 4.89. The molecule has 2 aromatic carbocycles. The van der Waals surface area contributed by atoms with Gasteiger partial charge >= 0.3 is 0 Å². The van der Waals surface area contributed by atoms with Crippen LogP contribution in [0.5, 0.6) is 0 Å². The van der Waals surface area contributed by atoms with Gasteiger partial charge in [0.1, 0.15) is 5.82 Å². The number of aromatic nitrogens is 3. The molecule has 2 N–H and O–H groups in total. The van der Waals surface area contributed by atoms with Crippen molar-refractivity contribution >= 4 is 29.0 Å². The van der Waals surface area contributed by atoms with Crippen LogP contribution in [0.4, 0.5) is 15.8 Å². The molecule has 162 valence electrons. The van der Waals surface area contributed by atoms with Gasteiger partial charge in [0.15, 0.2) is 11.0 Å². The predicted octanol–water partition coefficient (Wildman–Crippen LogP) is 3.94. The molecule has 0 radical (unpaired) electrons. The lowest BCUT2D eigenvalue weighted by atomic mass is 10.2. The standard InChI is InChI=1S/C22H24FN5O2S/c23-16-8-10-17(11-9-16)24-13-20-26-27-22(28(20)14-19-7-4-12-30-19)31-15-21(29)25-18-5-2-1-3-6-18/h1-3,5-6,8-11,19,24H,4,7,12-15H2,(H,25,29)/t19-/m0/s1. The monoisotopic (exact) mass is 441 g/mol. The number of para-hydroxylation sites is 1. The van der Waals surface area contributed by atoms with Gasteiger partial charge in [0.05, 0.1) is 24.9 Å². The van der Waals surface area contributed by atoms with Crippen LogP contribution in [-0.4, -0.2) is 39.1 Å². The molecule has 1 aromatic heterocycles. The quantitative estimate of drug-likeness (QED) is 0.490. The molecule has 3 aromatic rings. The Balaban J connectivity index is 1.41. The van der Waals surface area contributed by atoms with E-state index in [0.717, 1.165) is 36.6 Å². The zero-order valence-electron chi connectivity index (χ0n) is 17.0. The number of hydrogen-bond acceptors (Lipinski definition) is 6. The minimum atomic E-state index is -0.278. The van der Waals surface area contributed by atoms with Gasteiger partial charge in [-0.3, -0.25) is 4.79 Å². The average molecular weight is 442 g/mol. The number of anilines is 2. The summed E-state index contributed by atoms with van der Waals surface area (Å²) in [5.41, 5.74) is 1.56. The van der Waals surface area contributed by atoms with Gasteiger partial charge in [-0.25, -0.2) is 4.39 Å². The summed E-state index contributed by atoms with van der Waals surface area (Å²) in [6.07, 6.45) is 2.14. The van der Waals surface area contributed by atoms with Crippen LogP contribution in [0.15, 0.2) is 59.8 Å². The Morgan fingerprint density at radius 2 is 1.94 bits per heavy atom. The van der Waals surface area contributed by atoms with E-state index in [1.807, 2.05) is 34.9 Å². The molecule has 0 aliphatic carbocycles.